The van der Waals surface area contributed by atoms with Gasteiger partial charge < -0.3 is 15.4 Å². The molecule has 3 rings (SSSR count). The first-order chi connectivity index (χ1) is 15.0. The number of rotatable bonds is 11. The summed E-state index contributed by atoms with van der Waals surface area (Å²) in [6, 6.07) is 9.24. The molecule has 1 fully saturated rings. The quantitative estimate of drug-likeness (QED) is 0.391. The van der Waals surface area contributed by atoms with E-state index >= 15 is 0 Å². The third-order valence-corrected chi connectivity index (χ3v) is 6.62. The minimum absolute atomic E-state index is 0.0807. The molecule has 6 heteroatoms. The standard InChI is InChI=1S/C13H17NO3.C12H19NS/c1-17-11-8-6-10(7-9-11)12(15)4-2-3-5-13(14)16;1-11-6-10-14-12(11)5-4-9-13-7-2-3-8-13/h6-9H,2-5H2,1H3,(H2,14,16);6,10H,2-5,7-9H2,1H3. The van der Waals surface area contributed by atoms with Crippen LogP contribution >= 0.6 is 11.3 Å². The minimum atomic E-state index is -0.318. The van der Waals surface area contributed by atoms with Crippen LogP contribution in [-0.4, -0.2) is 43.3 Å². The summed E-state index contributed by atoms with van der Waals surface area (Å²) in [5.74, 6) is 0.495. The first kappa shape index (κ1) is 25.1. The van der Waals surface area contributed by atoms with Crippen LogP contribution in [0.1, 0.15) is 65.7 Å². The largest absolute Gasteiger partial charge is 0.497 e. The number of thiophene rings is 1. The van der Waals surface area contributed by atoms with E-state index in [1.165, 1.54) is 50.9 Å². The summed E-state index contributed by atoms with van der Waals surface area (Å²) >= 11 is 1.91. The molecule has 170 valence electrons. The van der Waals surface area contributed by atoms with Crippen LogP contribution in [0, 0.1) is 6.92 Å². The Morgan fingerprint density at radius 2 is 1.71 bits per heavy atom. The molecule has 1 aromatic heterocycles. The van der Waals surface area contributed by atoms with E-state index in [0.717, 1.165) is 5.75 Å². The number of unbranched alkanes of at least 4 members (excludes halogenated alkanes) is 1. The van der Waals surface area contributed by atoms with E-state index in [1.807, 2.05) is 11.3 Å². The third-order valence-electron chi connectivity index (χ3n) is 5.53. The van der Waals surface area contributed by atoms with Crippen molar-refractivity contribution in [3.63, 3.8) is 0 Å². The van der Waals surface area contributed by atoms with E-state index in [1.54, 1.807) is 36.3 Å². The Balaban J connectivity index is 0.000000224. The number of benzene rings is 1. The predicted molar refractivity (Wildman–Crippen MR) is 128 cm³/mol. The topological polar surface area (TPSA) is 72.6 Å². The second kappa shape index (κ2) is 14.0. The van der Waals surface area contributed by atoms with Crippen molar-refractivity contribution in [3.8, 4) is 5.75 Å². The van der Waals surface area contributed by atoms with Gasteiger partial charge >= 0.3 is 0 Å². The van der Waals surface area contributed by atoms with Gasteiger partial charge in [0.05, 0.1) is 7.11 Å². The summed E-state index contributed by atoms with van der Waals surface area (Å²) in [6.45, 7) is 6.20. The number of nitrogens with zero attached hydrogens (tertiary/aromatic N) is 1. The van der Waals surface area contributed by atoms with Gasteiger partial charge in [-0.1, -0.05) is 0 Å². The summed E-state index contributed by atoms with van der Waals surface area (Å²) in [4.78, 5) is 26.4. The van der Waals surface area contributed by atoms with E-state index in [4.69, 9.17) is 10.5 Å². The molecule has 0 unspecified atom stereocenters. The number of hydrogen-bond donors (Lipinski definition) is 1. The maximum Gasteiger partial charge on any atom is 0.217 e. The fraction of sp³-hybridized carbons (Fsp3) is 0.520. The van der Waals surface area contributed by atoms with Gasteiger partial charge in [-0.25, -0.2) is 0 Å². The number of nitrogens with two attached hydrogens (primary N) is 1. The molecule has 1 aliphatic rings. The van der Waals surface area contributed by atoms with Crippen molar-refractivity contribution >= 4 is 23.0 Å². The summed E-state index contributed by atoms with van der Waals surface area (Å²) in [5, 5.41) is 2.21. The normalized spacial score (nSPS) is 13.5. The average molecular weight is 445 g/mol. The van der Waals surface area contributed by atoms with Gasteiger partial charge in [0.2, 0.25) is 5.91 Å². The van der Waals surface area contributed by atoms with Crippen LogP contribution in [0.15, 0.2) is 35.7 Å². The smallest absolute Gasteiger partial charge is 0.217 e. The van der Waals surface area contributed by atoms with Crippen molar-refractivity contribution < 1.29 is 14.3 Å². The minimum Gasteiger partial charge on any atom is -0.497 e. The summed E-state index contributed by atoms with van der Waals surface area (Å²) in [6.07, 6.45) is 7.58. The highest BCUT2D eigenvalue weighted by atomic mass is 32.1. The summed E-state index contributed by atoms with van der Waals surface area (Å²) in [7, 11) is 1.58. The molecule has 0 saturated carbocycles. The zero-order valence-electron chi connectivity index (χ0n) is 18.9. The molecule has 2 aromatic rings. The number of carbonyl (C=O) groups excluding carboxylic acids is 2. The van der Waals surface area contributed by atoms with Crippen LogP contribution < -0.4 is 10.5 Å². The number of Topliss-reactive ketones (excluding diaryl/α,β-unsaturated/α-hetero) is 1. The fourth-order valence-electron chi connectivity index (χ4n) is 3.64. The molecule has 0 bridgehead atoms. The predicted octanol–water partition coefficient (Wildman–Crippen LogP) is 5.01. The van der Waals surface area contributed by atoms with Crippen LogP contribution in [0.4, 0.5) is 0 Å². The highest BCUT2D eigenvalue weighted by Gasteiger charge is 2.10. The van der Waals surface area contributed by atoms with Gasteiger partial charge in [-0.2, -0.15) is 0 Å². The van der Waals surface area contributed by atoms with Crippen LogP contribution in [0.5, 0.6) is 5.75 Å². The lowest BCUT2D eigenvalue weighted by molar-refractivity contribution is -0.118. The van der Waals surface area contributed by atoms with E-state index in [2.05, 4.69) is 23.3 Å². The molecule has 1 saturated heterocycles. The van der Waals surface area contributed by atoms with Crippen molar-refractivity contribution in [3.05, 3.63) is 51.7 Å². The van der Waals surface area contributed by atoms with Crippen LogP contribution in [0.2, 0.25) is 0 Å². The van der Waals surface area contributed by atoms with Gasteiger partial charge in [0.15, 0.2) is 5.78 Å². The number of hydrogen-bond acceptors (Lipinski definition) is 5. The number of primary amides is 1. The first-order valence-electron chi connectivity index (χ1n) is 11.2. The lowest BCUT2D eigenvalue weighted by Crippen LogP contribution is -2.20. The number of amides is 1. The lowest BCUT2D eigenvalue weighted by atomic mass is 10.0. The van der Waals surface area contributed by atoms with Crippen LogP contribution in [-0.2, 0) is 11.2 Å². The van der Waals surface area contributed by atoms with Gasteiger partial charge in [0.25, 0.3) is 0 Å². The van der Waals surface area contributed by atoms with Gasteiger partial charge in [-0.3, -0.25) is 9.59 Å². The Bertz CT molecular complexity index is 795. The van der Waals surface area contributed by atoms with E-state index in [-0.39, 0.29) is 11.7 Å². The molecule has 0 radical (unpaired) electrons. The van der Waals surface area contributed by atoms with Gasteiger partial charge in [0.1, 0.15) is 5.75 Å². The number of carbonyl (C=O) groups is 2. The van der Waals surface area contributed by atoms with Gasteiger partial charge in [-0.15, -0.1) is 11.3 Å². The number of ether oxygens (including phenoxy) is 1. The van der Waals surface area contributed by atoms with E-state index in [9.17, 15) is 9.59 Å². The fourth-order valence-corrected chi connectivity index (χ4v) is 4.59. The first-order valence-corrected chi connectivity index (χ1v) is 12.1. The SMILES string of the molecule is COc1ccc(C(=O)CCCCC(N)=O)cc1.Cc1ccsc1CCCN1CCCC1. The average Bonchev–Trinajstić information content (AvgIpc) is 3.43. The maximum atomic E-state index is 11.7. The molecule has 31 heavy (non-hydrogen) atoms. The molecule has 2 heterocycles. The second-order valence-corrected chi connectivity index (χ2v) is 9.00. The van der Waals surface area contributed by atoms with E-state index < -0.39 is 0 Å². The monoisotopic (exact) mass is 444 g/mol. The highest BCUT2D eigenvalue weighted by Crippen LogP contribution is 2.18. The highest BCUT2D eigenvalue weighted by molar-refractivity contribution is 7.10. The molecule has 0 aliphatic carbocycles. The summed E-state index contributed by atoms with van der Waals surface area (Å²) in [5.41, 5.74) is 7.17. The molecule has 2 N–H and O–H groups in total. The molecule has 1 aromatic carbocycles. The molecule has 1 amide bonds. The maximum absolute atomic E-state index is 11.7. The van der Waals surface area contributed by atoms with Gasteiger partial charge in [0, 0.05) is 23.3 Å². The van der Waals surface area contributed by atoms with Crippen molar-refractivity contribution in [1.82, 2.24) is 4.90 Å². The zero-order chi connectivity index (χ0) is 22.5. The molecule has 5 nitrogen and oxygen atoms in total. The van der Waals surface area contributed by atoms with Crippen LogP contribution in [0.3, 0.4) is 0 Å². The zero-order valence-corrected chi connectivity index (χ0v) is 19.7. The van der Waals surface area contributed by atoms with Crippen molar-refractivity contribution in [1.29, 1.82) is 0 Å². The number of aryl methyl sites for hydroxylation is 2. The van der Waals surface area contributed by atoms with Crippen molar-refractivity contribution in [2.45, 2.75) is 58.3 Å². The molecule has 0 spiro atoms. The molecule has 0 atom stereocenters. The lowest BCUT2D eigenvalue weighted by Gasteiger charge is -2.13. The molecule has 1 aliphatic heterocycles. The Hall–Kier alpha value is -2.18. The summed E-state index contributed by atoms with van der Waals surface area (Å²) < 4.78 is 5.01. The van der Waals surface area contributed by atoms with E-state index in [0.29, 0.717) is 31.2 Å². The number of ketones is 1. The molecular formula is C25H36N2O3S. The Morgan fingerprint density at radius 3 is 2.29 bits per heavy atom. The molecular weight excluding hydrogens is 408 g/mol. The Morgan fingerprint density at radius 1 is 1.03 bits per heavy atom. The van der Waals surface area contributed by atoms with Crippen molar-refractivity contribution in [2.24, 2.45) is 5.73 Å². The Labute approximate surface area is 190 Å². The Kier molecular flexibility index (Phi) is 11.3. The second-order valence-electron chi connectivity index (χ2n) is 8.00. The number of likely N-dealkylation sites (tertiary alicyclic amines) is 1. The van der Waals surface area contributed by atoms with Gasteiger partial charge in [-0.05, 0) is 106 Å². The third kappa shape index (κ3) is 9.66. The van der Waals surface area contributed by atoms with Crippen molar-refractivity contribution in [2.75, 3.05) is 26.7 Å². The van der Waals surface area contributed by atoms with Crippen LogP contribution in [0.25, 0.3) is 0 Å². The number of methoxy groups -OCH3 is 1.